The molecular weight excluding hydrogens is 403 g/mol. The van der Waals surface area contributed by atoms with E-state index in [4.69, 9.17) is 0 Å². The topological polar surface area (TPSA) is 17.3 Å². The van der Waals surface area contributed by atoms with Crippen molar-refractivity contribution in [3.05, 3.63) is 106 Å². The van der Waals surface area contributed by atoms with Crippen LogP contribution in [0.15, 0.2) is 88.5 Å². The highest BCUT2D eigenvalue weighted by Crippen LogP contribution is 2.25. The van der Waals surface area contributed by atoms with Crippen LogP contribution in [0.25, 0.3) is 10.9 Å². The zero-order valence-corrected chi connectivity index (χ0v) is 16.2. The summed E-state index contributed by atoms with van der Waals surface area (Å²) in [6.07, 6.45) is 4.04. The van der Waals surface area contributed by atoms with Gasteiger partial charge in [-0.05, 0) is 41.5 Å². The summed E-state index contributed by atoms with van der Waals surface area (Å²) in [5.41, 5.74) is 4.49. The van der Waals surface area contributed by atoms with Gasteiger partial charge in [0.1, 0.15) is 5.82 Å². The maximum atomic E-state index is 13.0. The molecule has 134 valence electrons. The van der Waals surface area contributed by atoms with Crippen LogP contribution in [-0.2, 0) is 13.1 Å². The van der Waals surface area contributed by atoms with E-state index >= 15 is 0 Å². The Hall–Kier alpha value is -2.72. The van der Waals surface area contributed by atoms with E-state index in [2.05, 4.69) is 74.2 Å². The summed E-state index contributed by atoms with van der Waals surface area (Å²) in [5, 5.41) is 1.16. The first kappa shape index (κ1) is 17.7. The van der Waals surface area contributed by atoms with Crippen LogP contribution in [0.4, 0.5) is 4.39 Å². The van der Waals surface area contributed by atoms with Crippen LogP contribution in [0, 0.1) is 5.82 Å². The van der Waals surface area contributed by atoms with Crippen LogP contribution in [0.2, 0.25) is 0 Å². The van der Waals surface area contributed by atoms with Gasteiger partial charge in [-0.3, -0.25) is 4.99 Å². The normalized spacial score (nSPS) is 11.5. The van der Waals surface area contributed by atoms with Gasteiger partial charge in [-0.15, -0.1) is 0 Å². The minimum absolute atomic E-state index is 0.225. The largest absolute Gasteiger partial charge is 0.342 e. The molecule has 0 aliphatic heterocycles. The minimum Gasteiger partial charge on any atom is -0.342 e. The predicted molar refractivity (Wildman–Crippen MR) is 113 cm³/mol. The Morgan fingerprint density at radius 2 is 1.70 bits per heavy atom. The molecular formula is C23H18BrFN2. The molecule has 1 aromatic heterocycles. The second-order valence-electron chi connectivity index (χ2n) is 6.46. The number of aromatic nitrogens is 1. The van der Waals surface area contributed by atoms with Crippen LogP contribution in [0.3, 0.4) is 0 Å². The molecule has 0 aliphatic carbocycles. The number of halogens is 2. The maximum absolute atomic E-state index is 13.0. The lowest BCUT2D eigenvalue weighted by atomic mass is 10.2. The molecule has 1 heterocycles. The van der Waals surface area contributed by atoms with E-state index in [-0.39, 0.29) is 5.82 Å². The first-order chi connectivity index (χ1) is 13.2. The van der Waals surface area contributed by atoms with Gasteiger partial charge in [0.2, 0.25) is 0 Å². The summed E-state index contributed by atoms with van der Waals surface area (Å²) < 4.78 is 16.3. The highest BCUT2D eigenvalue weighted by molar-refractivity contribution is 9.10. The molecule has 0 aliphatic rings. The molecule has 0 saturated heterocycles. The van der Waals surface area contributed by atoms with Gasteiger partial charge in [0, 0.05) is 39.9 Å². The number of rotatable bonds is 5. The van der Waals surface area contributed by atoms with Crippen molar-refractivity contribution in [2.24, 2.45) is 4.99 Å². The fourth-order valence-corrected chi connectivity index (χ4v) is 3.51. The fourth-order valence-electron chi connectivity index (χ4n) is 3.15. The van der Waals surface area contributed by atoms with Crippen molar-refractivity contribution in [3.8, 4) is 0 Å². The van der Waals surface area contributed by atoms with Gasteiger partial charge in [0.05, 0.1) is 6.54 Å². The fraction of sp³-hybridized carbons (Fsp3) is 0.0870. The average molecular weight is 421 g/mol. The smallest absolute Gasteiger partial charge is 0.123 e. The first-order valence-corrected chi connectivity index (χ1v) is 9.55. The summed E-state index contributed by atoms with van der Waals surface area (Å²) in [6.45, 7) is 1.34. The average Bonchev–Trinajstić information content (AvgIpc) is 3.01. The summed E-state index contributed by atoms with van der Waals surface area (Å²) in [5.74, 6) is -0.225. The Morgan fingerprint density at radius 3 is 2.48 bits per heavy atom. The molecule has 0 N–H and O–H groups in total. The molecule has 0 amide bonds. The quantitative estimate of drug-likeness (QED) is 0.341. The zero-order chi connectivity index (χ0) is 18.6. The van der Waals surface area contributed by atoms with Gasteiger partial charge >= 0.3 is 0 Å². The Morgan fingerprint density at radius 1 is 0.926 bits per heavy atom. The van der Waals surface area contributed by atoms with Crippen LogP contribution >= 0.6 is 15.9 Å². The molecule has 0 spiro atoms. The van der Waals surface area contributed by atoms with Crippen molar-refractivity contribution >= 4 is 33.0 Å². The lowest BCUT2D eigenvalue weighted by Gasteiger charge is -2.05. The highest BCUT2D eigenvalue weighted by Gasteiger charge is 2.08. The van der Waals surface area contributed by atoms with E-state index in [9.17, 15) is 4.39 Å². The van der Waals surface area contributed by atoms with Crippen molar-refractivity contribution < 1.29 is 4.39 Å². The lowest BCUT2D eigenvalue weighted by Crippen LogP contribution is -1.97. The molecule has 4 aromatic rings. The van der Waals surface area contributed by atoms with Crippen LogP contribution in [-0.4, -0.2) is 10.8 Å². The first-order valence-electron chi connectivity index (χ1n) is 8.75. The molecule has 4 heteroatoms. The van der Waals surface area contributed by atoms with Crippen LogP contribution < -0.4 is 0 Å². The molecule has 4 rings (SSSR count). The van der Waals surface area contributed by atoms with E-state index in [1.165, 1.54) is 23.2 Å². The van der Waals surface area contributed by atoms with E-state index in [1.54, 1.807) is 12.1 Å². The van der Waals surface area contributed by atoms with E-state index in [0.29, 0.717) is 6.54 Å². The van der Waals surface area contributed by atoms with Gasteiger partial charge in [-0.2, -0.15) is 0 Å². The third-order valence-corrected chi connectivity index (χ3v) is 4.98. The number of hydrogen-bond donors (Lipinski definition) is 0. The number of aliphatic imine (C=N–C) groups is 1. The van der Waals surface area contributed by atoms with Crippen molar-refractivity contribution in [1.29, 1.82) is 0 Å². The van der Waals surface area contributed by atoms with Gasteiger partial charge in [0.25, 0.3) is 0 Å². The predicted octanol–water partition coefficient (Wildman–Crippen LogP) is 6.21. The van der Waals surface area contributed by atoms with Crippen LogP contribution in [0.5, 0.6) is 0 Å². The number of nitrogens with zero attached hydrogens (tertiary/aromatic N) is 2. The Labute approximate surface area is 166 Å². The minimum atomic E-state index is -0.225. The molecule has 3 aromatic carbocycles. The summed E-state index contributed by atoms with van der Waals surface area (Å²) >= 11 is 3.57. The van der Waals surface area contributed by atoms with Gasteiger partial charge in [-0.25, -0.2) is 4.39 Å². The third-order valence-electron chi connectivity index (χ3n) is 4.49. The molecule has 0 atom stereocenters. The molecule has 0 unspecified atom stereocenters. The Kier molecular flexibility index (Phi) is 5.16. The summed E-state index contributed by atoms with van der Waals surface area (Å²) in [4.78, 5) is 4.57. The van der Waals surface area contributed by atoms with E-state index in [1.807, 2.05) is 12.3 Å². The van der Waals surface area contributed by atoms with Gasteiger partial charge < -0.3 is 4.57 Å². The van der Waals surface area contributed by atoms with E-state index < -0.39 is 0 Å². The molecule has 0 saturated carbocycles. The van der Waals surface area contributed by atoms with Crippen molar-refractivity contribution in [3.63, 3.8) is 0 Å². The Bertz CT molecular complexity index is 1080. The number of hydrogen-bond acceptors (Lipinski definition) is 1. The van der Waals surface area contributed by atoms with Crippen LogP contribution in [0.1, 0.15) is 16.7 Å². The summed E-state index contributed by atoms with van der Waals surface area (Å²) in [7, 11) is 0. The van der Waals surface area contributed by atoms with E-state index in [0.717, 1.165) is 27.5 Å². The zero-order valence-electron chi connectivity index (χ0n) is 14.6. The monoisotopic (exact) mass is 420 g/mol. The molecule has 0 fully saturated rings. The number of fused-ring (bicyclic) bond motifs is 1. The Balaban J connectivity index is 1.64. The third kappa shape index (κ3) is 4.17. The summed E-state index contributed by atoms with van der Waals surface area (Å²) in [6, 6.07) is 23.2. The maximum Gasteiger partial charge on any atom is 0.123 e. The number of benzene rings is 3. The highest BCUT2D eigenvalue weighted by atomic mass is 79.9. The molecule has 0 radical (unpaired) electrons. The lowest BCUT2D eigenvalue weighted by molar-refractivity contribution is 0.627. The standard InChI is InChI=1S/C23H18BrFN2/c24-20-8-11-23-22(12-20)19(14-26-13-17-6-9-21(25)10-7-17)16-27(23)15-18-4-2-1-3-5-18/h1-12,14,16H,13,15H2. The second-order valence-corrected chi connectivity index (χ2v) is 7.37. The van der Waals surface area contributed by atoms with Gasteiger partial charge in [0.15, 0.2) is 0 Å². The molecule has 0 bridgehead atoms. The second kappa shape index (κ2) is 7.89. The van der Waals surface area contributed by atoms with Crippen molar-refractivity contribution in [1.82, 2.24) is 4.57 Å². The van der Waals surface area contributed by atoms with Crippen molar-refractivity contribution in [2.45, 2.75) is 13.1 Å². The van der Waals surface area contributed by atoms with Crippen molar-refractivity contribution in [2.75, 3.05) is 0 Å². The van der Waals surface area contributed by atoms with Gasteiger partial charge in [-0.1, -0.05) is 58.4 Å². The molecule has 27 heavy (non-hydrogen) atoms. The molecule has 2 nitrogen and oxygen atoms in total. The SMILES string of the molecule is Fc1ccc(CN=Cc2cn(Cc3ccccc3)c3ccc(Br)cc23)cc1.